The number of aromatic nitrogens is 1. The summed E-state index contributed by atoms with van der Waals surface area (Å²) in [6, 6.07) is 0. The lowest BCUT2D eigenvalue weighted by atomic mass is 9.96. The molecule has 0 aromatic carbocycles. The van der Waals surface area contributed by atoms with Gasteiger partial charge < -0.3 is 14.5 Å². The molecule has 1 aliphatic rings. The molecule has 1 aromatic rings. The van der Waals surface area contributed by atoms with Gasteiger partial charge in [0.05, 0.1) is 0 Å². The highest BCUT2D eigenvalue weighted by Crippen LogP contribution is 2.24. The highest BCUT2D eigenvalue weighted by Gasteiger charge is 2.27. The molecule has 0 radical (unpaired) electrons. The minimum absolute atomic E-state index is 0.285. The number of carbonyl (C=O) groups excluding carboxylic acids is 1. The summed E-state index contributed by atoms with van der Waals surface area (Å²) in [4.78, 5) is 24.1. The second-order valence-electron chi connectivity index (χ2n) is 4.35. The molecule has 6 heteroatoms. The SMILES string of the molecule is CCN(CC(=O)O)C(=O)c1noc2c1CCCC2. The van der Waals surface area contributed by atoms with E-state index in [1.54, 1.807) is 6.92 Å². The minimum atomic E-state index is -1.03. The molecule has 0 saturated heterocycles. The zero-order valence-electron chi connectivity index (χ0n) is 10.3. The van der Waals surface area contributed by atoms with Crippen LogP contribution in [0.1, 0.15) is 41.6 Å². The van der Waals surface area contributed by atoms with Crippen LogP contribution in [0.3, 0.4) is 0 Å². The lowest BCUT2D eigenvalue weighted by Gasteiger charge is -2.18. The second kappa shape index (κ2) is 5.20. The topological polar surface area (TPSA) is 83.6 Å². The van der Waals surface area contributed by atoms with E-state index in [-0.39, 0.29) is 18.1 Å². The van der Waals surface area contributed by atoms with Crippen LogP contribution in [0.5, 0.6) is 0 Å². The molecule has 0 saturated carbocycles. The Morgan fingerprint density at radius 3 is 2.78 bits per heavy atom. The molecule has 0 fully saturated rings. The van der Waals surface area contributed by atoms with Gasteiger partial charge in [0.25, 0.3) is 5.91 Å². The van der Waals surface area contributed by atoms with Crippen molar-refractivity contribution in [2.24, 2.45) is 0 Å². The summed E-state index contributed by atoms with van der Waals surface area (Å²) < 4.78 is 5.16. The first-order valence-corrected chi connectivity index (χ1v) is 6.12. The first kappa shape index (κ1) is 12.6. The van der Waals surface area contributed by atoms with Crippen LogP contribution in [-0.2, 0) is 17.6 Å². The summed E-state index contributed by atoms with van der Waals surface area (Å²) in [5, 5.41) is 12.6. The lowest BCUT2D eigenvalue weighted by Crippen LogP contribution is -2.36. The van der Waals surface area contributed by atoms with Gasteiger partial charge in [0.1, 0.15) is 12.3 Å². The van der Waals surface area contributed by atoms with E-state index in [4.69, 9.17) is 9.63 Å². The van der Waals surface area contributed by atoms with E-state index in [1.165, 1.54) is 4.90 Å². The summed E-state index contributed by atoms with van der Waals surface area (Å²) in [6.45, 7) is 1.77. The van der Waals surface area contributed by atoms with E-state index in [0.29, 0.717) is 6.54 Å². The maximum atomic E-state index is 12.2. The third-order valence-electron chi connectivity index (χ3n) is 3.15. The van der Waals surface area contributed by atoms with Crippen LogP contribution in [0.25, 0.3) is 0 Å². The number of carboxylic acids is 1. The predicted molar refractivity (Wildman–Crippen MR) is 62.4 cm³/mol. The fourth-order valence-corrected chi connectivity index (χ4v) is 2.19. The van der Waals surface area contributed by atoms with Gasteiger partial charge in [0.15, 0.2) is 5.69 Å². The van der Waals surface area contributed by atoms with Crippen molar-refractivity contribution in [1.29, 1.82) is 0 Å². The Hall–Kier alpha value is -1.85. The van der Waals surface area contributed by atoms with Gasteiger partial charge in [0, 0.05) is 18.5 Å². The number of carboxylic acid groups (broad SMARTS) is 1. The third kappa shape index (κ3) is 2.37. The Bertz CT molecular complexity index is 467. The first-order valence-electron chi connectivity index (χ1n) is 6.12. The molecular weight excluding hydrogens is 236 g/mol. The molecule has 6 nitrogen and oxygen atoms in total. The summed E-state index contributed by atoms with van der Waals surface area (Å²) >= 11 is 0. The molecule has 0 spiro atoms. The molecule has 0 atom stereocenters. The average molecular weight is 252 g/mol. The monoisotopic (exact) mass is 252 g/mol. The molecule has 18 heavy (non-hydrogen) atoms. The molecular formula is C12H16N2O4. The van der Waals surface area contributed by atoms with Crippen molar-refractivity contribution in [3.05, 3.63) is 17.0 Å². The van der Waals surface area contributed by atoms with Crippen molar-refractivity contribution in [1.82, 2.24) is 10.1 Å². The Kier molecular flexibility index (Phi) is 3.64. The molecule has 0 unspecified atom stereocenters. The Labute approximate surface area is 105 Å². The van der Waals surface area contributed by atoms with Gasteiger partial charge in [-0.3, -0.25) is 9.59 Å². The van der Waals surface area contributed by atoms with E-state index in [0.717, 1.165) is 37.0 Å². The van der Waals surface area contributed by atoms with Crippen molar-refractivity contribution in [2.75, 3.05) is 13.1 Å². The Balaban J connectivity index is 2.22. The van der Waals surface area contributed by atoms with Crippen molar-refractivity contribution in [3.63, 3.8) is 0 Å². The Morgan fingerprint density at radius 2 is 2.11 bits per heavy atom. The zero-order valence-corrected chi connectivity index (χ0v) is 10.3. The van der Waals surface area contributed by atoms with Crippen molar-refractivity contribution < 1.29 is 19.2 Å². The molecule has 98 valence electrons. The number of rotatable bonds is 4. The molecule has 2 rings (SSSR count). The molecule has 0 bridgehead atoms. The summed E-state index contributed by atoms with van der Waals surface area (Å²) in [5.41, 5.74) is 1.14. The molecule has 1 N–H and O–H groups in total. The summed E-state index contributed by atoms with van der Waals surface area (Å²) in [7, 11) is 0. The van der Waals surface area contributed by atoms with Crippen molar-refractivity contribution in [3.8, 4) is 0 Å². The average Bonchev–Trinajstić information content (AvgIpc) is 2.78. The van der Waals surface area contributed by atoms with Crippen molar-refractivity contribution >= 4 is 11.9 Å². The van der Waals surface area contributed by atoms with Crippen molar-refractivity contribution in [2.45, 2.75) is 32.6 Å². The summed E-state index contributed by atoms with van der Waals surface area (Å²) in [5.74, 6) is -0.606. The van der Waals surface area contributed by atoms with Gasteiger partial charge in [0.2, 0.25) is 0 Å². The maximum absolute atomic E-state index is 12.2. The molecule has 1 heterocycles. The maximum Gasteiger partial charge on any atom is 0.323 e. The third-order valence-corrected chi connectivity index (χ3v) is 3.15. The standard InChI is InChI=1S/C12H16N2O4/c1-2-14(7-10(15)16)12(17)11-8-5-3-4-6-9(8)18-13-11/h2-7H2,1H3,(H,15,16). The molecule has 0 aliphatic heterocycles. The van der Waals surface area contributed by atoms with E-state index >= 15 is 0 Å². The smallest absolute Gasteiger partial charge is 0.323 e. The van der Waals surface area contributed by atoms with Crippen LogP contribution >= 0.6 is 0 Å². The number of aliphatic carboxylic acids is 1. The van der Waals surface area contributed by atoms with E-state index in [2.05, 4.69) is 5.16 Å². The number of nitrogens with zero attached hydrogens (tertiary/aromatic N) is 2. The highest BCUT2D eigenvalue weighted by molar-refractivity contribution is 5.95. The zero-order chi connectivity index (χ0) is 13.1. The second-order valence-corrected chi connectivity index (χ2v) is 4.35. The minimum Gasteiger partial charge on any atom is -0.480 e. The van der Waals surface area contributed by atoms with Crippen LogP contribution in [0.2, 0.25) is 0 Å². The molecule has 1 aliphatic carbocycles. The van der Waals surface area contributed by atoms with Gasteiger partial charge in [-0.1, -0.05) is 5.16 Å². The molecule has 1 amide bonds. The number of fused-ring (bicyclic) bond motifs is 1. The number of hydrogen-bond acceptors (Lipinski definition) is 4. The van der Waals surface area contributed by atoms with E-state index < -0.39 is 5.97 Å². The number of likely N-dealkylation sites (N-methyl/N-ethyl adjacent to an activating group) is 1. The number of aryl methyl sites for hydroxylation is 1. The Morgan fingerprint density at radius 1 is 1.39 bits per heavy atom. The van der Waals surface area contributed by atoms with Crippen LogP contribution in [0.15, 0.2) is 4.52 Å². The molecule has 1 aromatic heterocycles. The number of amides is 1. The van der Waals surface area contributed by atoms with E-state index in [1.807, 2.05) is 0 Å². The highest BCUT2D eigenvalue weighted by atomic mass is 16.5. The number of carbonyl (C=O) groups is 2. The quantitative estimate of drug-likeness (QED) is 0.867. The van der Waals surface area contributed by atoms with Gasteiger partial charge in [-0.2, -0.15) is 0 Å². The lowest BCUT2D eigenvalue weighted by molar-refractivity contribution is -0.137. The van der Waals surface area contributed by atoms with Gasteiger partial charge >= 0.3 is 5.97 Å². The van der Waals surface area contributed by atoms with E-state index in [9.17, 15) is 9.59 Å². The first-order chi connectivity index (χ1) is 8.63. The van der Waals surface area contributed by atoms with Crippen LogP contribution < -0.4 is 0 Å². The fourth-order valence-electron chi connectivity index (χ4n) is 2.19. The van der Waals surface area contributed by atoms with Gasteiger partial charge in [-0.05, 0) is 26.2 Å². The van der Waals surface area contributed by atoms with Gasteiger partial charge in [-0.25, -0.2) is 0 Å². The van der Waals surface area contributed by atoms with Crippen LogP contribution in [0.4, 0.5) is 0 Å². The van der Waals surface area contributed by atoms with Crippen LogP contribution in [0, 0.1) is 0 Å². The largest absolute Gasteiger partial charge is 0.480 e. The normalized spacial score (nSPS) is 14.1. The fraction of sp³-hybridized carbons (Fsp3) is 0.583. The predicted octanol–water partition coefficient (Wildman–Crippen LogP) is 1.10. The summed E-state index contributed by atoms with van der Waals surface area (Å²) in [6.07, 6.45) is 3.65. The number of hydrogen-bond donors (Lipinski definition) is 1. The van der Waals surface area contributed by atoms with Crippen LogP contribution in [-0.4, -0.2) is 40.1 Å². The van der Waals surface area contributed by atoms with Gasteiger partial charge in [-0.15, -0.1) is 0 Å².